The number of ether oxygens (including phenoxy) is 1. The molecule has 0 aliphatic rings. The van der Waals surface area contributed by atoms with Crippen molar-refractivity contribution in [2.45, 2.75) is 0 Å². The van der Waals surface area contributed by atoms with Gasteiger partial charge in [-0.3, -0.25) is 0 Å². The van der Waals surface area contributed by atoms with Crippen LogP contribution in [0.15, 0.2) is 53.0 Å². The zero-order valence-corrected chi connectivity index (χ0v) is 9.99. The first-order chi connectivity index (χ1) is 7.31. The van der Waals surface area contributed by atoms with Crippen molar-refractivity contribution >= 4 is 15.9 Å². The van der Waals surface area contributed by atoms with Crippen molar-refractivity contribution in [3.05, 3.63) is 53.0 Å². The molecule has 0 N–H and O–H groups in total. The van der Waals surface area contributed by atoms with E-state index in [0.29, 0.717) is 0 Å². The number of halogens is 1. The highest BCUT2D eigenvalue weighted by Crippen LogP contribution is 2.30. The predicted octanol–water partition coefficient (Wildman–Crippen LogP) is 4.12. The Labute approximate surface area is 97.8 Å². The average Bonchev–Trinajstić information content (AvgIpc) is 2.30. The predicted molar refractivity (Wildman–Crippen MR) is 66.1 cm³/mol. The van der Waals surface area contributed by atoms with Crippen LogP contribution < -0.4 is 4.74 Å². The van der Waals surface area contributed by atoms with Crippen LogP contribution in [0.25, 0.3) is 11.1 Å². The van der Waals surface area contributed by atoms with Crippen molar-refractivity contribution in [2.75, 3.05) is 7.11 Å². The molecular formula is C13H11BrO. The summed E-state index contributed by atoms with van der Waals surface area (Å²) in [6, 6.07) is 16.4. The largest absolute Gasteiger partial charge is 0.496 e. The quantitative estimate of drug-likeness (QED) is 0.791. The summed E-state index contributed by atoms with van der Waals surface area (Å²) in [5, 5.41) is 0. The van der Waals surface area contributed by atoms with E-state index in [1.807, 2.05) is 24.3 Å². The summed E-state index contributed by atoms with van der Waals surface area (Å²) in [5.74, 6) is 0.856. The van der Waals surface area contributed by atoms with Crippen molar-refractivity contribution in [3.63, 3.8) is 0 Å². The molecule has 0 heterocycles. The third-order valence-electron chi connectivity index (χ3n) is 2.26. The van der Waals surface area contributed by atoms with E-state index < -0.39 is 0 Å². The zero-order chi connectivity index (χ0) is 10.7. The van der Waals surface area contributed by atoms with Crippen LogP contribution in [0.1, 0.15) is 0 Å². The minimum Gasteiger partial charge on any atom is -0.496 e. The van der Waals surface area contributed by atoms with Gasteiger partial charge in [0.2, 0.25) is 0 Å². The highest BCUT2D eigenvalue weighted by molar-refractivity contribution is 9.10. The minimum atomic E-state index is 0.856. The molecule has 0 atom stereocenters. The van der Waals surface area contributed by atoms with Crippen molar-refractivity contribution in [3.8, 4) is 16.9 Å². The van der Waals surface area contributed by atoms with Gasteiger partial charge < -0.3 is 4.74 Å². The van der Waals surface area contributed by atoms with Crippen molar-refractivity contribution < 1.29 is 4.74 Å². The first-order valence-corrected chi connectivity index (χ1v) is 5.49. The van der Waals surface area contributed by atoms with E-state index in [4.69, 9.17) is 4.74 Å². The molecule has 0 fully saturated rings. The van der Waals surface area contributed by atoms with E-state index in [2.05, 4.69) is 40.2 Å². The molecule has 2 aromatic carbocycles. The molecule has 0 aliphatic heterocycles. The van der Waals surface area contributed by atoms with Gasteiger partial charge in [-0.15, -0.1) is 0 Å². The van der Waals surface area contributed by atoms with Gasteiger partial charge in [0, 0.05) is 0 Å². The third kappa shape index (κ3) is 2.21. The minimum absolute atomic E-state index is 0.856. The molecule has 2 heteroatoms. The van der Waals surface area contributed by atoms with Gasteiger partial charge in [0.15, 0.2) is 0 Å². The molecule has 0 saturated carbocycles. The lowest BCUT2D eigenvalue weighted by atomic mass is 10.1. The summed E-state index contributed by atoms with van der Waals surface area (Å²) in [6.45, 7) is 0. The van der Waals surface area contributed by atoms with Crippen molar-refractivity contribution in [1.82, 2.24) is 0 Å². The Morgan fingerprint density at radius 1 is 0.933 bits per heavy atom. The lowest BCUT2D eigenvalue weighted by Gasteiger charge is -2.06. The molecule has 0 amide bonds. The van der Waals surface area contributed by atoms with Gasteiger partial charge >= 0.3 is 0 Å². The molecule has 2 aromatic rings. The van der Waals surface area contributed by atoms with Crippen molar-refractivity contribution in [1.29, 1.82) is 0 Å². The van der Waals surface area contributed by atoms with Crippen LogP contribution in [-0.2, 0) is 0 Å². The summed E-state index contributed by atoms with van der Waals surface area (Å²) in [6.07, 6.45) is 0. The van der Waals surface area contributed by atoms with Gasteiger partial charge in [0.1, 0.15) is 5.75 Å². The summed E-state index contributed by atoms with van der Waals surface area (Å²) in [5.41, 5.74) is 2.39. The average molecular weight is 263 g/mol. The lowest BCUT2D eigenvalue weighted by molar-refractivity contribution is 0.412. The van der Waals surface area contributed by atoms with Gasteiger partial charge in [-0.25, -0.2) is 0 Å². The molecule has 0 aromatic heterocycles. The maximum absolute atomic E-state index is 5.19. The van der Waals surface area contributed by atoms with E-state index in [9.17, 15) is 0 Å². The molecule has 0 aliphatic carbocycles. The highest BCUT2D eigenvalue weighted by atomic mass is 79.9. The molecule has 0 saturated heterocycles. The standard InChI is InChI=1S/C13H11BrO/c1-15-13-8-7-11(9-12(13)14)10-5-3-2-4-6-10/h2-9H,1H3. The molecule has 0 radical (unpaired) electrons. The topological polar surface area (TPSA) is 9.23 Å². The van der Waals surface area contributed by atoms with Crippen LogP contribution in [0.5, 0.6) is 5.75 Å². The Kier molecular flexibility index (Phi) is 3.07. The molecule has 15 heavy (non-hydrogen) atoms. The van der Waals surface area contributed by atoms with E-state index in [1.165, 1.54) is 11.1 Å². The molecule has 2 rings (SSSR count). The van der Waals surface area contributed by atoms with Gasteiger partial charge in [0.25, 0.3) is 0 Å². The second kappa shape index (κ2) is 4.49. The molecule has 0 spiro atoms. The fourth-order valence-corrected chi connectivity index (χ4v) is 2.02. The lowest BCUT2D eigenvalue weighted by Crippen LogP contribution is -1.85. The summed E-state index contributed by atoms with van der Waals surface area (Å²) >= 11 is 3.48. The van der Waals surface area contributed by atoms with E-state index in [1.54, 1.807) is 7.11 Å². The fourth-order valence-electron chi connectivity index (χ4n) is 1.48. The first kappa shape index (κ1) is 10.2. The fraction of sp³-hybridized carbons (Fsp3) is 0.0769. The zero-order valence-electron chi connectivity index (χ0n) is 8.41. The van der Waals surface area contributed by atoms with Gasteiger partial charge in [-0.1, -0.05) is 36.4 Å². The van der Waals surface area contributed by atoms with Gasteiger partial charge in [-0.05, 0) is 39.2 Å². The van der Waals surface area contributed by atoms with Crippen LogP contribution in [0.4, 0.5) is 0 Å². The van der Waals surface area contributed by atoms with E-state index in [-0.39, 0.29) is 0 Å². The smallest absolute Gasteiger partial charge is 0.133 e. The third-order valence-corrected chi connectivity index (χ3v) is 2.88. The Hall–Kier alpha value is -1.28. The van der Waals surface area contributed by atoms with Crippen LogP contribution in [0.3, 0.4) is 0 Å². The number of hydrogen-bond acceptors (Lipinski definition) is 1. The van der Waals surface area contributed by atoms with Crippen molar-refractivity contribution in [2.24, 2.45) is 0 Å². The second-order valence-electron chi connectivity index (χ2n) is 3.22. The Morgan fingerprint density at radius 3 is 2.27 bits per heavy atom. The molecule has 1 nitrogen and oxygen atoms in total. The monoisotopic (exact) mass is 262 g/mol. The maximum Gasteiger partial charge on any atom is 0.133 e. The number of benzene rings is 2. The summed E-state index contributed by atoms with van der Waals surface area (Å²) in [4.78, 5) is 0. The Bertz CT molecular complexity index is 451. The Morgan fingerprint density at radius 2 is 1.67 bits per heavy atom. The molecule has 0 unspecified atom stereocenters. The van der Waals surface area contributed by atoms with Crippen LogP contribution in [0, 0.1) is 0 Å². The summed E-state index contributed by atoms with van der Waals surface area (Å²) < 4.78 is 6.17. The van der Waals surface area contributed by atoms with Crippen LogP contribution in [-0.4, -0.2) is 7.11 Å². The normalized spacial score (nSPS) is 10.0. The van der Waals surface area contributed by atoms with E-state index in [0.717, 1.165) is 10.2 Å². The molecule has 76 valence electrons. The number of methoxy groups -OCH3 is 1. The molecular weight excluding hydrogens is 252 g/mol. The van der Waals surface area contributed by atoms with E-state index >= 15 is 0 Å². The van der Waals surface area contributed by atoms with Gasteiger partial charge in [-0.2, -0.15) is 0 Å². The van der Waals surface area contributed by atoms with Crippen LogP contribution in [0.2, 0.25) is 0 Å². The van der Waals surface area contributed by atoms with Gasteiger partial charge in [0.05, 0.1) is 11.6 Å². The summed E-state index contributed by atoms with van der Waals surface area (Å²) in [7, 11) is 1.67. The Balaban J connectivity index is 2.43. The van der Waals surface area contributed by atoms with Crippen LogP contribution >= 0.6 is 15.9 Å². The maximum atomic E-state index is 5.19. The second-order valence-corrected chi connectivity index (χ2v) is 4.07. The molecule has 0 bridgehead atoms. The number of rotatable bonds is 2. The number of hydrogen-bond donors (Lipinski definition) is 0. The highest BCUT2D eigenvalue weighted by Gasteiger charge is 2.02. The SMILES string of the molecule is COc1ccc(-c2ccccc2)cc1Br. The first-order valence-electron chi connectivity index (χ1n) is 4.70.